The maximum absolute atomic E-state index is 12.8. The van der Waals surface area contributed by atoms with Crippen LogP contribution in [0.15, 0.2) is 36.4 Å². The Hall–Kier alpha value is -2.49. The van der Waals surface area contributed by atoms with Crippen LogP contribution in [0.2, 0.25) is 0 Å². The van der Waals surface area contributed by atoms with Crippen LogP contribution in [0.5, 0.6) is 11.5 Å². The molecule has 27 heavy (non-hydrogen) atoms. The molecule has 1 amide bonds. The van der Waals surface area contributed by atoms with Crippen LogP contribution in [0.4, 0.5) is 0 Å². The molecule has 0 spiro atoms. The molecule has 2 aromatic carbocycles. The lowest BCUT2D eigenvalue weighted by molar-refractivity contribution is -0.128. The number of aryl methyl sites for hydroxylation is 3. The van der Waals surface area contributed by atoms with Crippen LogP contribution >= 0.6 is 0 Å². The molecule has 0 bridgehead atoms. The molecule has 1 aliphatic rings. The van der Waals surface area contributed by atoms with Gasteiger partial charge in [-0.15, -0.1) is 0 Å². The molecule has 144 valence electrons. The molecule has 0 aliphatic carbocycles. The summed E-state index contributed by atoms with van der Waals surface area (Å²) in [6, 6.07) is 11.9. The molecular formula is C23H29NO3. The van der Waals surface area contributed by atoms with E-state index in [2.05, 4.69) is 18.3 Å². The Morgan fingerprint density at radius 3 is 2.59 bits per heavy atom. The molecule has 1 aliphatic heterocycles. The van der Waals surface area contributed by atoms with Crippen LogP contribution in [-0.2, 0) is 4.79 Å². The summed E-state index contributed by atoms with van der Waals surface area (Å²) in [5.74, 6) is 1.43. The Kier molecular flexibility index (Phi) is 5.18. The van der Waals surface area contributed by atoms with Gasteiger partial charge in [0.05, 0.1) is 6.04 Å². The highest BCUT2D eigenvalue weighted by molar-refractivity contribution is 5.81. The van der Waals surface area contributed by atoms with Gasteiger partial charge in [0.25, 0.3) is 5.91 Å². The largest absolute Gasteiger partial charge is 0.487 e. The van der Waals surface area contributed by atoms with Gasteiger partial charge >= 0.3 is 0 Å². The summed E-state index contributed by atoms with van der Waals surface area (Å²) in [6.45, 7) is 12.0. The quantitative estimate of drug-likeness (QED) is 0.844. The number of amides is 1. The van der Waals surface area contributed by atoms with E-state index in [1.807, 2.05) is 58.0 Å². The standard InChI is InChI=1S/C23H29NO3/c1-14-7-10-21-19(11-14)20(13-23(5,6)27-21)24-22(25)17(4)26-18-9-8-15(2)16(3)12-18/h7-12,17,20H,13H2,1-6H3,(H,24,25)/t17-,20+/m1/s1. The second kappa shape index (κ2) is 7.26. The summed E-state index contributed by atoms with van der Waals surface area (Å²) < 4.78 is 12.0. The second-order valence-corrected chi connectivity index (χ2v) is 8.17. The lowest BCUT2D eigenvalue weighted by Crippen LogP contribution is -2.44. The third kappa shape index (κ3) is 4.44. The maximum atomic E-state index is 12.8. The topological polar surface area (TPSA) is 47.6 Å². The first kappa shape index (κ1) is 19.3. The zero-order valence-electron chi connectivity index (χ0n) is 17.1. The molecule has 0 unspecified atom stereocenters. The third-order valence-corrected chi connectivity index (χ3v) is 5.10. The van der Waals surface area contributed by atoms with Crippen molar-refractivity contribution in [2.45, 2.75) is 65.7 Å². The third-order valence-electron chi connectivity index (χ3n) is 5.10. The molecule has 4 nitrogen and oxygen atoms in total. The highest BCUT2D eigenvalue weighted by Crippen LogP contribution is 2.39. The summed E-state index contributed by atoms with van der Waals surface area (Å²) >= 11 is 0. The maximum Gasteiger partial charge on any atom is 0.261 e. The predicted octanol–water partition coefficient (Wildman–Crippen LogP) is 4.80. The number of hydrogen-bond donors (Lipinski definition) is 1. The van der Waals surface area contributed by atoms with Crippen molar-refractivity contribution in [2.24, 2.45) is 0 Å². The van der Waals surface area contributed by atoms with Crippen molar-refractivity contribution in [1.29, 1.82) is 0 Å². The predicted molar refractivity (Wildman–Crippen MR) is 107 cm³/mol. The molecule has 1 heterocycles. The van der Waals surface area contributed by atoms with Crippen LogP contribution in [-0.4, -0.2) is 17.6 Å². The minimum absolute atomic E-state index is 0.0954. The number of ether oxygens (including phenoxy) is 2. The normalized spacial score (nSPS) is 18.8. The second-order valence-electron chi connectivity index (χ2n) is 8.17. The van der Waals surface area contributed by atoms with E-state index in [0.717, 1.165) is 22.4 Å². The minimum Gasteiger partial charge on any atom is -0.487 e. The molecule has 2 atom stereocenters. The molecule has 0 fully saturated rings. The van der Waals surface area contributed by atoms with Gasteiger partial charge in [0, 0.05) is 12.0 Å². The zero-order valence-corrected chi connectivity index (χ0v) is 17.1. The lowest BCUT2D eigenvalue weighted by Gasteiger charge is -2.38. The number of fused-ring (bicyclic) bond motifs is 1. The molecule has 0 saturated heterocycles. The van der Waals surface area contributed by atoms with E-state index in [1.165, 1.54) is 5.56 Å². The van der Waals surface area contributed by atoms with E-state index in [0.29, 0.717) is 12.2 Å². The van der Waals surface area contributed by atoms with Crippen LogP contribution in [0, 0.1) is 20.8 Å². The van der Waals surface area contributed by atoms with Gasteiger partial charge < -0.3 is 14.8 Å². The van der Waals surface area contributed by atoms with E-state index in [4.69, 9.17) is 9.47 Å². The highest BCUT2D eigenvalue weighted by atomic mass is 16.5. The van der Waals surface area contributed by atoms with Gasteiger partial charge in [-0.05, 0) is 70.9 Å². The van der Waals surface area contributed by atoms with E-state index < -0.39 is 6.10 Å². The van der Waals surface area contributed by atoms with Crippen molar-refractivity contribution in [3.8, 4) is 11.5 Å². The lowest BCUT2D eigenvalue weighted by atomic mass is 9.89. The van der Waals surface area contributed by atoms with E-state index in [1.54, 1.807) is 6.92 Å². The smallest absolute Gasteiger partial charge is 0.261 e. The number of rotatable bonds is 4. The summed E-state index contributed by atoms with van der Waals surface area (Å²) in [6.07, 6.45) is 0.136. The van der Waals surface area contributed by atoms with Crippen molar-refractivity contribution in [3.05, 3.63) is 58.7 Å². The Balaban J connectivity index is 1.74. The summed E-state index contributed by atoms with van der Waals surface area (Å²) in [7, 11) is 0. The van der Waals surface area contributed by atoms with Crippen molar-refractivity contribution in [2.75, 3.05) is 0 Å². The van der Waals surface area contributed by atoms with Crippen LogP contribution in [0.1, 0.15) is 55.5 Å². The van der Waals surface area contributed by atoms with Crippen molar-refractivity contribution < 1.29 is 14.3 Å². The van der Waals surface area contributed by atoms with Crippen LogP contribution in [0.3, 0.4) is 0 Å². The Bertz CT molecular complexity index is 857. The van der Waals surface area contributed by atoms with Gasteiger partial charge in [0.15, 0.2) is 6.10 Å². The fourth-order valence-corrected chi connectivity index (χ4v) is 3.44. The number of nitrogens with one attached hydrogen (secondary N) is 1. The molecule has 3 rings (SSSR count). The first-order valence-corrected chi connectivity index (χ1v) is 9.48. The molecule has 0 radical (unpaired) electrons. The van der Waals surface area contributed by atoms with Gasteiger partial charge in [-0.3, -0.25) is 4.79 Å². The average Bonchev–Trinajstić information content (AvgIpc) is 2.58. The number of hydrogen-bond acceptors (Lipinski definition) is 3. The Morgan fingerprint density at radius 1 is 1.15 bits per heavy atom. The first-order chi connectivity index (χ1) is 12.6. The molecule has 2 aromatic rings. The van der Waals surface area contributed by atoms with Gasteiger partial charge in [-0.2, -0.15) is 0 Å². The van der Waals surface area contributed by atoms with E-state index >= 15 is 0 Å². The van der Waals surface area contributed by atoms with Gasteiger partial charge in [0.2, 0.25) is 0 Å². The summed E-state index contributed by atoms with van der Waals surface area (Å²) in [5, 5.41) is 3.16. The SMILES string of the molecule is Cc1ccc2c(c1)[C@@H](NC(=O)[C@@H](C)Oc1ccc(C)c(C)c1)CC(C)(C)O2. The fourth-order valence-electron chi connectivity index (χ4n) is 3.44. The van der Waals surface area contributed by atoms with E-state index in [-0.39, 0.29) is 17.6 Å². The van der Waals surface area contributed by atoms with Crippen molar-refractivity contribution in [3.63, 3.8) is 0 Å². The first-order valence-electron chi connectivity index (χ1n) is 9.48. The molecule has 0 aromatic heterocycles. The number of carbonyl (C=O) groups excluding carboxylic acids is 1. The van der Waals surface area contributed by atoms with Gasteiger partial charge in [0.1, 0.15) is 17.1 Å². The van der Waals surface area contributed by atoms with Gasteiger partial charge in [-0.1, -0.05) is 23.8 Å². The molecule has 4 heteroatoms. The van der Waals surface area contributed by atoms with Crippen LogP contribution < -0.4 is 14.8 Å². The Morgan fingerprint density at radius 2 is 1.89 bits per heavy atom. The molecule has 0 saturated carbocycles. The highest BCUT2D eigenvalue weighted by Gasteiger charge is 2.35. The fraction of sp³-hybridized carbons (Fsp3) is 0.435. The van der Waals surface area contributed by atoms with Crippen LogP contribution in [0.25, 0.3) is 0 Å². The van der Waals surface area contributed by atoms with Gasteiger partial charge in [-0.25, -0.2) is 0 Å². The summed E-state index contributed by atoms with van der Waals surface area (Å²) in [4.78, 5) is 12.8. The summed E-state index contributed by atoms with van der Waals surface area (Å²) in [5.41, 5.74) is 4.20. The minimum atomic E-state index is -0.577. The average molecular weight is 367 g/mol. The monoisotopic (exact) mass is 367 g/mol. The van der Waals surface area contributed by atoms with E-state index in [9.17, 15) is 4.79 Å². The Labute approximate surface area is 161 Å². The molecule has 1 N–H and O–H groups in total. The number of benzene rings is 2. The van der Waals surface area contributed by atoms with Crippen molar-refractivity contribution >= 4 is 5.91 Å². The number of carbonyl (C=O) groups is 1. The molecular weight excluding hydrogens is 338 g/mol. The zero-order chi connectivity index (χ0) is 19.8. The van der Waals surface area contributed by atoms with Crippen molar-refractivity contribution in [1.82, 2.24) is 5.32 Å².